The van der Waals surface area contributed by atoms with Gasteiger partial charge >= 0.3 is 0 Å². The molecular weight excluding hydrogens is 264 g/mol. The molecule has 0 saturated carbocycles. The molecule has 0 aromatic heterocycles. The summed E-state index contributed by atoms with van der Waals surface area (Å²) in [6, 6.07) is 8.15. The smallest absolute Gasteiger partial charge is 0.226 e. The molecule has 1 fully saturated rings. The highest BCUT2D eigenvalue weighted by molar-refractivity contribution is 5.76. The summed E-state index contributed by atoms with van der Waals surface area (Å²) >= 11 is 0. The number of nitrogens with one attached hydrogen (secondary N) is 1. The Bertz CT molecular complexity index is 457. The van der Waals surface area contributed by atoms with Gasteiger partial charge in [0.2, 0.25) is 5.91 Å². The minimum Gasteiger partial charge on any atom is -0.493 e. The van der Waals surface area contributed by atoms with Crippen LogP contribution in [0.4, 0.5) is 0 Å². The summed E-state index contributed by atoms with van der Waals surface area (Å²) in [5.74, 6) is 1.01. The fraction of sp³-hybridized carbons (Fsp3) is 0.588. The third-order valence-electron chi connectivity index (χ3n) is 3.77. The van der Waals surface area contributed by atoms with E-state index in [0.717, 1.165) is 31.9 Å². The summed E-state index contributed by atoms with van der Waals surface area (Å²) in [5, 5.41) is 3.24. The number of nitrogens with zero attached hydrogens (tertiary/aromatic N) is 1. The first kappa shape index (κ1) is 15.8. The average molecular weight is 290 g/mol. The van der Waals surface area contributed by atoms with Gasteiger partial charge in [0.1, 0.15) is 5.75 Å². The van der Waals surface area contributed by atoms with E-state index in [1.165, 1.54) is 5.56 Å². The van der Waals surface area contributed by atoms with E-state index in [9.17, 15) is 4.79 Å². The fourth-order valence-electron chi connectivity index (χ4n) is 2.38. The molecule has 1 aromatic carbocycles. The molecule has 0 unspecified atom stereocenters. The first-order valence-corrected chi connectivity index (χ1v) is 7.69. The van der Waals surface area contributed by atoms with Crippen molar-refractivity contribution in [1.29, 1.82) is 0 Å². The van der Waals surface area contributed by atoms with Crippen molar-refractivity contribution >= 4 is 5.91 Å². The van der Waals surface area contributed by atoms with Crippen LogP contribution in [0.25, 0.3) is 0 Å². The second kappa shape index (κ2) is 6.94. The quantitative estimate of drug-likeness (QED) is 0.924. The normalized spacial score (nSPS) is 15.9. The van der Waals surface area contributed by atoms with Crippen LogP contribution in [0.2, 0.25) is 0 Å². The van der Waals surface area contributed by atoms with E-state index >= 15 is 0 Å². The van der Waals surface area contributed by atoms with Gasteiger partial charge in [-0.3, -0.25) is 4.79 Å². The highest BCUT2D eigenvalue weighted by atomic mass is 16.5. The maximum atomic E-state index is 12.0. The van der Waals surface area contributed by atoms with Crippen LogP contribution in [0, 0.1) is 0 Å². The molecule has 1 amide bonds. The molecule has 116 valence electrons. The second-order valence-corrected chi connectivity index (χ2v) is 6.50. The first-order chi connectivity index (χ1) is 9.97. The maximum Gasteiger partial charge on any atom is 0.226 e. The Kier molecular flexibility index (Phi) is 5.23. The van der Waals surface area contributed by atoms with Gasteiger partial charge in [0.15, 0.2) is 0 Å². The zero-order chi connectivity index (χ0) is 15.3. The number of piperazine rings is 1. The molecular formula is C17H26N2O2. The van der Waals surface area contributed by atoms with Crippen LogP contribution in [0.1, 0.15) is 32.8 Å². The Labute approximate surface area is 127 Å². The van der Waals surface area contributed by atoms with E-state index in [1.54, 1.807) is 0 Å². The van der Waals surface area contributed by atoms with Crippen molar-refractivity contribution in [3.63, 3.8) is 0 Å². The number of hydrogen-bond donors (Lipinski definition) is 1. The molecule has 1 saturated heterocycles. The number of benzene rings is 1. The highest BCUT2D eigenvalue weighted by Crippen LogP contribution is 2.24. The summed E-state index contributed by atoms with van der Waals surface area (Å²) in [4.78, 5) is 13.9. The lowest BCUT2D eigenvalue weighted by atomic mass is 9.87. The van der Waals surface area contributed by atoms with Crippen molar-refractivity contribution in [3.05, 3.63) is 29.8 Å². The van der Waals surface area contributed by atoms with Gasteiger partial charge in [0.05, 0.1) is 13.0 Å². The molecule has 1 heterocycles. The third-order valence-corrected chi connectivity index (χ3v) is 3.77. The van der Waals surface area contributed by atoms with Crippen molar-refractivity contribution in [3.8, 4) is 5.75 Å². The van der Waals surface area contributed by atoms with Crippen LogP contribution in [0.5, 0.6) is 5.75 Å². The molecule has 21 heavy (non-hydrogen) atoms. The van der Waals surface area contributed by atoms with Gasteiger partial charge in [0, 0.05) is 26.2 Å². The summed E-state index contributed by atoms with van der Waals surface area (Å²) in [5.41, 5.74) is 1.43. The minimum atomic E-state index is 0.150. The van der Waals surface area contributed by atoms with Crippen molar-refractivity contribution in [1.82, 2.24) is 10.2 Å². The zero-order valence-corrected chi connectivity index (χ0v) is 13.3. The Morgan fingerprint density at radius 3 is 2.38 bits per heavy atom. The van der Waals surface area contributed by atoms with Gasteiger partial charge in [-0.05, 0) is 23.1 Å². The lowest BCUT2D eigenvalue weighted by Gasteiger charge is -2.27. The number of ether oxygens (including phenoxy) is 1. The Hall–Kier alpha value is -1.55. The fourth-order valence-corrected chi connectivity index (χ4v) is 2.38. The van der Waals surface area contributed by atoms with Gasteiger partial charge < -0.3 is 15.0 Å². The summed E-state index contributed by atoms with van der Waals surface area (Å²) < 4.78 is 5.67. The molecule has 4 nitrogen and oxygen atoms in total. The number of amides is 1. The number of carbonyl (C=O) groups excluding carboxylic acids is 1. The lowest BCUT2D eigenvalue weighted by Crippen LogP contribution is -2.46. The summed E-state index contributed by atoms with van der Waals surface area (Å²) in [6.45, 7) is 10.4. The van der Waals surface area contributed by atoms with Crippen molar-refractivity contribution < 1.29 is 9.53 Å². The van der Waals surface area contributed by atoms with Crippen molar-refractivity contribution in [2.75, 3.05) is 32.8 Å². The maximum absolute atomic E-state index is 12.0. The minimum absolute atomic E-state index is 0.150. The Morgan fingerprint density at radius 2 is 1.81 bits per heavy atom. The molecule has 0 aliphatic carbocycles. The number of rotatable bonds is 4. The molecule has 1 N–H and O–H groups in total. The largest absolute Gasteiger partial charge is 0.493 e. The van der Waals surface area contributed by atoms with Gasteiger partial charge in [-0.1, -0.05) is 32.9 Å². The standard InChI is InChI=1S/C17H26N2O2/c1-17(2,3)14-4-6-15(7-5-14)21-13-8-16(20)19-11-9-18-10-12-19/h4-7,18H,8-13H2,1-3H3. The van der Waals surface area contributed by atoms with E-state index in [0.29, 0.717) is 13.0 Å². The van der Waals surface area contributed by atoms with Gasteiger partial charge in [-0.15, -0.1) is 0 Å². The molecule has 1 aromatic rings. The third kappa shape index (κ3) is 4.74. The Morgan fingerprint density at radius 1 is 1.19 bits per heavy atom. The van der Waals surface area contributed by atoms with Crippen LogP contribution in [-0.2, 0) is 10.2 Å². The van der Waals surface area contributed by atoms with E-state index in [1.807, 2.05) is 17.0 Å². The lowest BCUT2D eigenvalue weighted by molar-refractivity contribution is -0.132. The summed E-state index contributed by atoms with van der Waals surface area (Å²) in [7, 11) is 0. The highest BCUT2D eigenvalue weighted by Gasteiger charge is 2.16. The Balaban J connectivity index is 1.76. The van der Waals surface area contributed by atoms with Gasteiger partial charge in [-0.2, -0.15) is 0 Å². The first-order valence-electron chi connectivity index (χ1n) is 7.69. The predicted octanol–water partition coefficient (Wildman–Crippen LogP) is 2.18. The van der Waals surface area contributed by atoms with E-state index in [-0.39, 0.29) is 11.3 Å². The summed E-state index contributed by atoms with van der Waals surface area (Å²) in [6.07, 6.45) is 0.445. The molecule has 0 atom stereocenters. The molecule has 0 bridgehead atoms. The van der Waals surface area contributed by atoms with Gasteiger partial charge in [-0.25, -0.2) is 0 Å². The van der Waals surface area contributed by atoms with Gasteiger partial charge in [0.25, 0.3) is 0 Å². The second-order valence-electron chi connectivity index (χ2n) is 6.50. The van der Waals surface area contributed by atoms with Crippen LogP contribution in [0.3, 0.4) is 0 Å². The van der Waals surface area contributed by atoms with Crippen LogP contribution >= 0.6 is 0 Å². The van der Waals surface area contributed by atoms with E-state index < -0.39 is 0 Å². The van der Waals surface area contributed by atoms with E-state index in [4.69, 9.17) is 4.74 Å². The van der Waals surface area contributed by atoms with Crippen LogP contribution in [-0.4, -0.2) is 43.6 Å². The molecule has 1 aliphatic heterocycles. The number of hydrogen-bond acceptors (Lipinski definition) is 3. The predicted molar refractivity (Wildman–Crippen MR) is 84.7 cm³/mol. The number of carbonyl (C=O) groups is 1. The van der Waals surface area contributed by atoms with Crippen molar-refractivity contribution in [2.45, 2.75) is 32.6 Å². The average Bonchev–Trinajstić information content (AvgIpc) is 2.47. The zero-order valence-electron chi connectivity index (χ0n) is 13.3. The van der Waals surface area contributed by atoms with Crippen molar-refractivity contribution in [2.24, 2.45) is 0 Å². The SMILES string of the molecule is CC(C)(C)c1ccc(OCCC(=O)N2CCNCC2)cc1. The molecule has 0 radical (unpaired) electrons. The molecule has 2 rings (SSSR count). The molecule has 0 spiro atoms. The van der Waals surface area contributed by atoms with Crippen LogP contribution < -0.4 is 10.1 Å². The topological polar surface area (TPSA) is 41.6 Å². The van der Waals surface area contributed by atoms with Crippen LogP contribution in [0.15, 0.2) is 24.3 Å². The molecule has 1 aliphatic rings. The van der Waals surface area contributed by atoms with E-state index in [2.05, 4.69) is 38.2 Å². The monoisotopic (exact) mass is 290 g/mol. The molecule has 4 heteroatoms.